The summed E-state index contributed by atoms with van der Waals surface area (Å²) in [6, 6.07) is 14.6. The fourth-order valence-electron chi connectivity index (χ4n) is 3.65. The Labute approximate surface area is 185 Å². The lowest BCUT2D eigenvalue weighted by atomic mass is 9.96. The van der Waals surface area contributed by atoms with E-state index in [4.69, 9.17) is 4.42 Å². The highest BCUT2D eigenvalue weighted by molar-refractivity contribution is 6.01. The molecule has 0 radical (unpaired) electrons. The van der Waals surface area contributed by atoms with Crippen LogP contribution in [0.5, 0.6) is 0 Å². The molecule has 166 valence electrons. The van der Waals surface area contributed by atoms with Crippen LogP contribution < -0.4 is 10.6 Å². The Morgan fingerprint density at radius 3 is 2.66 bits per heavy atom. The molecule has 0 aliphatic carbocycles. The first-order valence-corrected chi connectivity index (χ1v) is 10.4. The van der Waals surface area contributed by atoms with Crippen LogP contribution in [-0.2, 0) is 24.3 Å². The van der Waals surface area contributed by atoms with Crippen LogP contribution >= 0.6 is 0 Å². The summed E-state index contributed by atoms with van der Waals surface area (Å²) in [6.45, 7) is 2.57. The Kier molecular flexibility index (Phi) is 5.81. The zero-order valence-electron chi connectivity index (χ0n) is 18.0. The third kappa shape index (κ3) is 4.14. The van der Waals surface area contributed by atoms with E-state index in [-0.39, 0.29) is 35.7 Å². The third-order valence-corrected chi connectivity index (χ3v) is 5.76. The van der Waals surface area contributed by atoms with E-state index in [9.17, 15) is 14.4 Å². The first kappa shape index (κ1) is 21.4. The van der Waals surface area contributed by atoms with Crippen molar-refractivity contribution in [2.24, 2.45) is 0 Å². The molecule has 0 saturated heterocycles. The highest BCUT2D eigenvalue weighted by atomic mass is 16.3. The molecule has 32 heavy (non-hydrogen) atoms. The minimum Gasteiger partial charge on any atom is -0.469 e. The van der Waals surface area contributed by atoms with Crippen LogP contribution in [0.2, 0.25) is 0 Å². The van der Waals surface area contributed by atoms with Gasteiger partial charge in [-0.05, 0) is 24.6 Å². The fraction of sp³-hybridized carbons (Fsp3) is 0.304. The maximum atomic E-state index is 13.0. The van der Waals surface area contributed by atoms with E-state index < -0.39 is 5.54 Å². The molecule has 1 aliphatic rings. The topological polar surface area (TPSA) is 109 Å². The van der Waals surface area contributed by atoms with Gasteiger partial charge in [0.2, 0.25) is 5.91 Å². The second kappa shape index (κ2) is 8.70. The number of furan rings is 1. The van der Waals surface area contributed by atoms with Crippen molar-refractivity contribution in [3.05, 3.63) is 77.5 Å². The van der Waals surface area contributed by atoms with Crippen LogP contribution in [0, 0.1) is 0 Å². The molecule has 0 unspecified atom stereocenters. The van der Waals surface area contributed by atoms with Crippen molar-refractivity contribution < 1.29 is 18.8 Å². The van der Waals surface area contributed by atoms with Gasteiger partial charge in [0.25, 0.3) is 11.8 Å². The third-order valence-electron chi connectivity index (χ3n) is 5.76. The van der Waals surface area contributed by atoms with Crippen LogP contribution in [-0.4, -0.2) is 51.5 Å². The van der Waals surface area contributed by atoms with Gasteiger partial charge in [-0.2, -0.15) is 5.10 Å². The monoisotopic (exact) mass is 435 g/mol. The Morgan fingerprint density at radius 1 is 1.16 bits per heavy atom. The van der Waals surface area contributed by atoms with Gasteiger partial charge in [0.15, 0.2) is 5.69 Å². The summed E-state index contributed by atoms with van der Waals surface area (Å²) >= 11 is 0. The van der Waals surface area contributed by atoms with Crippen molar-refractivity contribution in [2.45, 2.75) is 32.0 Å². The summed E-state index contributed by atoms with van der Waals surface area (Å²) in [4.78, 5) is 39.9. The summed E-state index contributed by atoms with van der Waals surface area (Å²) in [5, 5.41) is 9.98. The average molecular weight is 435 g/mol. The lowest BCUT2D eigenvalue weighted by Crippen LogP contribution is -2.62. The first-order chi connectivity index (χ1) is 15.4. The van der Waals surface area contributed by atoms with Crippen LogP contribution in [0.15, 0.2) is 59.2 Å². The van der Waals surface area contributed by atoms with Crippen molar-refractivity contribution in [1.29, 1.82) is 0 Å². The van der Waals surface area contributed by atoms with Crippen molar-refractivity contribution in [3.8, 4) is 0 Å². The van der Waals surface area contributed by atoms with E-state index in [0.29, 0.717) is 19.5 Å². The minimum absolute atomic E-state index is 0.134. The predicted molar refractivity (Wildman–Crippen MR) is 116 cm³/mol. The molecule has 0 spiro atoms. The fourth-order valence-corrected chi connectivity index (χ4v) is 3.65. The van der Waals surface area contributed by atoms with Gasteiger partial charge in [-0.25, -0.2) is 0 Å². The van der Waals surface area contributed by atoms with Crippen molar-refractivity contribution >= 4 is 17.7 Å². The van der Waals surface area contributed by atoms with Gasteiger partial charge in [0.1, 0.15) is 17.0 Å². The Bertz CT molecular complexity index is 1120. The van der Waals surface area contributed by atoms with Crippen molar-refractivity contribution in [3.63, 3.8) is 0 Å². The minimum atomic E-state index is -1.14. The number of hydrogen-bond donors (Lipinski definition) is 2. The number of hydrogen-bond acceptors (Lipinski definition) is 5. The molecule has 0 fully saturated rings. The molecule has 1 aromatic carbocycles. The lowest BCUT2D eigenvalue weighted by Gasteiger charge is -2.40. The quantitative estimate of drug-likeness (QED) is 0.586. The maximum absolute atomic E-state index is 13.0. The first-order valence-electron chi connectivity index (χ1n) is 10.4. The molecule has 3 heterocycles. The number of amides is 3. The number of carbonyl (C=O) groups excluding carboxylic acids is 3. The van der Waals surface area contributed by atoms with Crippen LogP contribution in [0.25, 0.3) is 0 Å². The molecule has 1 atom stereocenters. The predicted octanol–water partition coefficient (Wildman–Crippen LogP) is 1.61. The van der Waals surface area contributed by atoms with E-state index in [1.54, 1.807) is 26.3 Å². The summed E-state index contributed by atoms with van der Waals surface area (Å²) < 4.78 is 6.68. The molecule has 2 aromatic heterocycles. The molecule has 2 N–H and O–H groups in total. The average Bonchev–Trinajstić information content (AvgIpc) is 3.46. The normalized spacial score (nSPS) is 17.7. The second-order valence-corrected chi connectivity index (χ2v) is 7.96. The zero-order chi connectivity index (χ0) is 22.7. The molecule has 9 nitrogen and oxygen atoms in total. The summed E-state index contributed by atoms with van der Waals surface area (Å²) in [5.41, 5.74) is 0.229. The van der Waals surface area contributed by atoms with E-state index in [2.05, 4.69) is 15.7 Å². The number of rotatable bonds is 7. The number of fused-ring (bicyclic) bond motifs is 1. The van der Waals surface area contributed by atoms with Gasteiger partial charge < -0.3 is 20.0 Å². The standard InChI is InChI=1S/C23H25N5O4/c1-23(22(31)25-14-16-7-4-3-5-8-16)15-28-19(21(30)27(23)2)13-18(26-28)20(29)24-11-10-17-9-6-12-32-17/h3-9,12-13H,10-11,14-15H2,1-2H3,(H,24,29)(H,25,31)/t23-/m1/s1. The molecule has 3 aromatic rings. The van der Waals surface area contributed by atoms with Crippen molar-refractivity contribution in [1.82, 2.24) is 25.3 Å². The maximum Gasteiger partial charge on any atom is 0.272 e. The van der Waals surface area contributed by atoms with Gasteiger partial charge in [-0.1, -0.05) is 30.3 Å². The number of nitrogens with zero attached hydrogens (tertiary/aromatic N) is 3. The summed E-state index contributed by atoms with van der Waals surface area (Å²) in [6.07, 6.45) is 2.13. The molecule has 3 amide bonds. The largest absolute Gasteiger partial charge is 0.469 e. The lowest BCUT2D eigenvalue weighted by molar-refractivity contribution is -0.132. The number of nitrogens with one attached hydrogen (secondary N) is 2. The van der Waals surface area contributed by atoms with E-state index >= 15 is 0 Å². The zero-order valence-corrected chi connectivity index (χ0v) is 18.0. The molecule has 0 bridgehead atoms. The van der Waals surface area contributed by atoms with Crippen LogP contribution in [0.3, 0.4) is 0 Å². The number of carbonyl (C=O) groups is 3. The van der Waals surface area contributed by atoms with Crippen LogP contribution in [0.1, 0.15) is 39.2 Å². The van der Waals surface area contributed by atoms with Crippen LogP contribution in [0.4, 0.5) is 0 Å². The molecule has 9 heteroatoms. The Morgan fingerprint density at radius 2 is 1.94 bits per heavy atom. The number of aromatic nitrogens is 2. The van der Waals surface area contributed by atoms with E-state index in [0.717, 1.165) is 11.3 Å². The molecular formula is C23H25N5O4. The van der Waals surface area contributed by atoms with Gasteiger partial charge in [0, 0.05) is 32.6 Å². The molecule has 0 saturated carbocycles. The van der Waals surface area contributed by atoms with E-state index in [1.165, 1.54) is 15.6 Å². The molecule has 4 rings (SSSR count). The Balaban J connectivity index is 1.44. The van der Waals surface area contributed by atoms with Gasteiger partial charge in [0.05, 0.1) is 12.8 Å². The highest BCUT2D eigenvalue weighted by Crippen LogP contribution is 2.26. The Hall–Kier alpha value is -3.88. The summed E-state index contributed by atoms with van der Waals surface area (Å²) in [7, 11) is 1.59. The van der Waals surface area contributed by atoms with Gasteiger partial charge >= 0.3 is 0 Å². The summed E-state index contributed by atoms with van der Waals surface area (Å²) in [5.74, 6) is -0.272. The number of likely N-dealkylation sites (N-methyl/N-ethyl adjacent to an activating group) is 1. The van der Waals surface area contributed by atoms with Gasteiger partial charge in [-0.3, -0.25) is 19.1 Å². The molecule has 1 aliphatic heterocycles. The van der Waals surface area contributed by atoms with Crippen molar-refractivity contribution in [2.75, 3.05) is 13.6 Å². The molecular weight excluding hydrogens is 410 g/mol. The van der Waals surface area contributed by atoms with E-state index in [1.807, 2.05) is 36.4 Å². The SMILES string of the molecule is CN1C(=O)c2cc(C(=O)NCCc3ccco3)nn2C[C@]1(C)C(=O)NCc1ccccc1. The smallest absolute Gasteiger partial charge is 0.272 e. The van der Waals surface area contributed by atoms with Gasteiger partial charge in [-0.15, -0.1) is 0 Å². The second-order valence-electron chi connectivity index (χ2n) is 7.96. The highest BCUT2D eigenvalue weighted by Gasteiger charge is 2.46. The number of benzene rings is 1.